The zero-order chi connectivity index (χ0) is 18.9. The van der Waals surface area contributed by atoms with Crippen LogP contribution in [0.15, 0.2) is 9.59 Å². The first kappa shape index (κ1) is 18.8. The van der Waals surface area contributed by atoms with Crippen LogP contribution < -0.4 is 16.6 Å². The molecule has 0 saturated carbocycles. The predicted octanol–water partition coefficient (Wildman–Crippen LogP) is 0.376. The van der Waals surface area contributed by atoms with Gasteiger partial charge in [0, 0.05) is 27.2 Å². The van der Waals surface area contributed by atoms with E-state index in [1.165, 1.54) is 18.7 Å². The lowest BCUT2D eigenvalue weighted by molar-refractivity contribution is -0.160. The molecule has 0 aliphatic carbocycles. The maximum absolute atomic E-state index is 12.2. The van der Waals surface area contributed by atoms with E-state index >= 15 is 0 Å². The van der Waals surface area contributed by atoms with E-state index in [0.29, 0.717) is 0 Å². The largest absolute Gasteiger partial charge is 0.440 e. The number of nitrogens with zero attached hydrogens (tertiary/aromatic N) is 4. The molecule has 1 amide bonds. The molecule has 2 heterocycles. The maximum Gasteiger partial charge on any atom is 0.422 e. The summed E-state index contributed by atoms with van der Waals surface area (Å²) >= 11 is 5.95. The fraction of sp³-hybridized carbons (Fsp3) is 0.500. The van der Waals surface area contributed by atoms with Gasteiger partial charge in [0.15, 0.2) is 17.8 Å². The van der Waals surface area contributed by atoms with Gasteiger partial charge in [-0.3, -0.25) is 13.9 Å². The third-order valence-corrected chi connectivity index (χ3v) is 3.56. The highest BCUT2D eigenvalue weighted by Crippen LogP contribution is 2.15. The molecule has 2 aromatic heterocycles. The maximum atomic E-state index is 12.2. The van der Waals surface area contributed by atoms with E-state index in [4.69, 9.17) is 11.6 Å². The fourth-order valence-corrected chi connectivity index (χ4v) is 2.34. The number of fused-ring (bicyclic) bond motifs is 1. The number of alkyl halides is 3. The summed E-state index contributed by atoms with van der Waals surface area (Å²) in [5.41, 5.74) is -1.15. The van der Waals surface area contributed by atoms with Gasteiger partial charge in [0.25, 0.3) is 5.56 Å². The summed E-state index contributed by atoms with van der Waals surface area (Å²) < 4.78 is 43.0. The quantitative estimate of drug-likeness (QED) is 0.769. The second kappa shape index (κ2) is 6.78. The van der Waals surface area contributed by atoms with Gasteiger partial charge in [0.1, 0.15) is 0 Å². The van der Waals surface area contributed by atoms with Crippen LogP contribution in [0.5, 0.6) is 0 Å². The molecule has 0 aliphatic rings. The number of hydrogen-bond acceptors (Lipinski definition) is 5. The molecule has 13 heteroatoms. The van der Waals surface area contributed by atoms with Crippen LogP contribution in [0.3, 0.4) is 0 Å². The Morgan fingerprint density at radius 3 is 2.52 bits per heavy atom. The van der Waals surface area contributed by atoms with E-state index in [-0.39, 0.29) is 29.5 Å². The lowest BCUT2D eigenvalue weighted by Gasteiger charge is -2.10. The molecular weight excluding hydrogens is 371 g/mol. The average molecular weight is 384 g/mol. The van der Waals surface area contributed by atoms with Crippen molar-refractivity contribution < 1.29 is 22.7 Å². The lowest BCUT2D eigenvalue weighted by atomic mass is 10.5. The summed E-state index contributed by atoms with van der Waals surface area (Å²) in [6.07, 6.45) is -5.89. The molecule has 25 heavy (non-hydrogen) atoms. The van der Waals surface area contributed by atoms with Crippen molar-refractivity contribution >= 4 is 28.9 Å². The molecule has 2 rings (SSSR count). The summed E-state index contributed by atoms with van der Waals surface area (Å²) in [5, 5.41) is 1.99. The number of nitrogens with one attached hydrogen (secondary N) is 1. The standard InChI is InChI=1S/C12H13ClF3N5O4/c1-19-7-6(8(22)20(2)11(19)24)21(9(13)18-7)4-3-17-10(23)25-5-12(14,15)16/h3-5H2,1-2H3,(H,17,23). The number of carbonyl (C=O) groups is 1. The third-order valence-electron chi connectivity index (χ3n) is 3.27. The van der Waals surface area contributed by atoms with Crippen molar-refractivity contribution in [1.29, 1.82) is 0 Å². The normalized spacial score (nSPS) is 11.8. The number of rotatable bonds is 4. The van der Waals surface area contributed by atoms with Crippen molar-refractivity contribution in [3.63, 3.8) is 0 Å². The van der Waals surface area contributed by atoms with Gasteiger partial charge in [-0.2, -0.15) is 18.2 Å². The Bertz CT molecular complexity index is 930. The van der Waals surface area contributed by atoms with Crippen molar-refractivity contribution in [2.45, 2.75) is 12.7 Å². The van der Waals surface area contributed by atoms with Crippen molar-refractivity contribution in [3.8, 4) is 0 Å². The molecule has 1 N–H and O–H groups in total. The number of hydrogen-bond donors (Lipinski definition) is 1. The molecule has 0 fully saturated rings. The summed E-state index contributed by atoms with van der Waals surface area (Å²) in [4.78, 5) is 39.2. The highest BCUT2D eigenvalue weighted by molar-refractivity contribution is 6.29. The van der Waals surface area contributed by atoms with Gasteiger partial charge in [-0.05, 0) is 11.6 Å². The zero-order valence-electron chi connectivity index (χ0n) is 13.1. The van der Waals surface area contributed by atoms with Crippen LogP contribution in [0.4, 0.5) is 18.0 Å². The Labute approximate surface area is 142 Å². The second-order valence-electron chi connectivity index (χ2n) is 5.03. The zero-order valence-corrected chi connectivity index (χ0v) is 13.8. The Hall–Kier alpha value is -2.50. The number of carbonyl (C=O) groups excluding carboxylic acids is 1. The van der Waals surface area contributed by atoms with E-state index in [2.05, 4.69) is 15.0 Å². The number of imidazole rings is 1. The highest BCUT2D eigenvalue weighted by Gasteiger charge is 2.29. The Balaban J connectivity index is 2.17. The van der Waals surface area contributed by atoms with Gasteiger partial charge >= 0.3 is 18.0 Å². The minimum absolute atomic E-state index is 0.0278. The molecule has 9 nitrogen and oxygen atoms in total. The summed E-state index contributed by atoms with van der Waals surface area (Å²) in [6, 6.07) is 0. The smallest absolute Gasteiger partial charge is 0.422 e. The minimum atomic E-state index is -4.63. The molecule has 0 radical (unpaired) electrons. The van der Waals surface area contributed by atoms with Gasteiger partial charge in [-0.25, -0.2) is 9.59 Å². The van der Waals surface area contributed by atoms with Gasteiger partial charge in [-0.15, -0.1) is 0 Å². The van der Waals surface area contributed by atoms with Crippen LogP contribution in [0.2, 0.25) is 5.28 Å². The van der Waals surface area contributed by atoms with Crippen LogP contribution in [0.1, 0.15) is 0 Å². The molecule has 2 aromatic rings. The number of aryl methyl sites for hydroxylation is 1. The van der Waals surface area contributed by atoms with Gasteiger partial charge in [0.05, 0.1) is 0 Å². The van der Waals surface area contributed by atoms with Gasteiger partial charge in [0.2, 0.25) is 5.28 Å². The van der Waals surface area contributed by atoms with Crippen molar-refractivity contribution in [2.24, 2.45) is 14.1 Å². The Morgan fingerprint density at radius 2 is 1.92 bits per heavy atom. The summed E-state index contributed by atoms with van der Waals surface area (Å²) in [7, 11) is 2.69. The summed E-state index contributed by atoms with van der Waals surface area (Å²) in [5.74, 6) is 0. The first-order chi connectivity index (χ1) is 11.5. The van der Waals surface area contributed by atoms with E-state index in [1.807, 2.05) is 0 Å². The van der Waals surface area contributed by atoms with Crippen LogP contribution in [0.25, 0.3) is 11.2 Å². The van der Waals surface area contributed by atoms with E-state index in [0.717, 1.165) is 9.13 Å². The predicted molar refractivity (Wildman–Crippen MR) is 80.6 cm³/mol. The van der Waals surface area contributed by atoms with Crippen LogP contribution in [0, 0.1) is 0 Å². The molecule has 0 bridgehead atoms. The topological polar surface area (TPSA) is 100 Å². The fourth-order valence-electron chi connectivity index (χ4n) is 2.09. The number of amides is 1. The molecule has 0 aromatic carbocycles. The Kier molecular flexibility index (Phi) is 5.11. The van der Waals surface area contributed by atoms with Gasteiger partial charge < -0.3 is 14.6 Å². The second-order valence-corrected chi connectivity index (χ2v) is 5.37. The number of alkyl carbamates (subject to hydrolysis) is 1. The molecule has 0 spiro atoms. The molecule has 0 atom stereocenters. The monoisotopic (exact) mass is 383 g/mol. The van der Waals surface area contributed by atoms with E-state index in [1.54, 1.807) is 0 Å². The first-order valence-electron chi connectivity index (χ1n) is 6.82. The Morgan fingerprint density at radius 1 is 1.28 bits per heavy atom. The molecule has 0 saturated heterocycles. The SMILES string of the molecule is Cn1c(=O)c2c(nc(Cl)n2CCNC(=O)OCC(F)(F)F)n(C)c1=O. The van der Waals surface area contributed by atoms with E-state index < -0.39 is 30.1 Å². The number of halogens is 4. The first-order valence-corrected chi connectivity index (χ1v) is 7.20. The van der Waals surface area contributed by atoms with E-state index in [9.17, 15) is 27.6 Å². The molecule has 138 valence electrons. The highest BCUT2D eigenvalue weighted by atomic mass is 35.5. The molecular formula is C12H13ClF3N5O4. The average Bonchev–Trinajstić information content (AvgIpc) is 2.85. The lowest BCUT2D eigenvalue weighted by Crippen LogP contribution is -2.38. The van der Waals surface area contributed by atoms with Crippen molar-refractivity contribution in [3.05, 3.63) is 26.1 Å². The number of ether oxygens (including phenoxy) is 1. The van der Waals surface area contributed by atoms with Crippen LogP contribution in [-0.2, 0) is 25.4 Å². The van der Waals surface area contributed by atoms with Crippen molar-refractivity contribution in [2.75, 3.05) is 13.2 Å². The third kappa shape index (κ3) is 3.95. The van der Waals surface area contributed by atoms with Crippen molar-refractivity contribution in [1.82, 2.24) is 24.0 Å². The van der Waals surface area contributed by atoms with Crippen LogP contribution >= 0.6 is 11.6 Å². The minimum Gasteiger partial charge on any atom is -0.440 e. The molecule has 0 unspecified atom stereocenters. The molecule has 0 aliphatic heterocycles. The number of aromatic nitrogens is 4. The van der Waals surface area contributed by atoms with Gasteiger partial charge in [-0.1, -0.05) is 0 Å². The van der Waals surface area contributed by atoms with Crippen LogP contribution in [-0.4, -0.2) is 44.1 Å². The summed E-state index contributed by atoms with van der Waals surface area (Å²) in [6.45, 7) is -1.95.